The lowest BCUT2D eigenvalue weighted by Gasteiger charge is -2.40. The first kappa shape index (κ1) is 20.6. The van der Waals surface area contributed by atoms with Crippen molar-refractivity contribution in [2.45, 2.75) is 14.8 Å². The molecule has 27 heavy (non-hydrogen) atoms. The van der Waals surface area contributed by atoms with Crippen molar-refractivity contribution in [1.82, 2.24) is 15.4 Å². The van der Waals surface area contributed by atoms with Crippen LogP contribution >= 0.6 is 22.0 Å². The Morgan fingerprint density at radius 3 is 1.74 bits per heavy atom. The Hall–Kier alpha value is -2.69. The van der Waals surface area contributed by atoms with E-state index in [0.717, 1.165) is 17.0 Å². The van der Waals surface area contributed by atoms with E-state index in [-0.39, 0.29) is 6.15 Å². The number of H-pyrrole nitrogens is 1. The van der Waals surface area contributed by atoms with Crippen molar-refractivity contribution in [2.24, 2.45) is 0 Å². The number of nitrogens with one attached hydrogen (secondary N) is 1. The van der Waals surface area contributed by atoms with Crippen LogP contribution in [0, 0.1) is 0 Å². The van der Waals surface area contributed by atoms with E-state index in [9.17, 15) is 19.4 Å². The first-order chi connectivity index (χ1) is 12.4. The van der Waals surface area contributed by atoms with Gasteiger partial charge in [0.15, 0.2) is 0 Å². The third-order valence-electron chi connectivity index (χ3n) is 3.10. The molecule has 0 spiro atoms. The summed E-state index contributed by atoms with van der Waals surface area (Å²) >= 11 is 1.35. The molecule has 5 nitrogen and oxygen atoms in total. The number of hydrogen-bond donors (Lipinski definition) is 1. The predicted molar refractivity (Wildman–Crippen MR) is 88.8 cm³/mol. The molecule has 3 aromatic rings. The fourth-order valence-electron chi connectivity index (χ4n) is 1.98. The number of hydrogen-bond acceptors (Lipinski definition) is 5. The van der Waals surface area contributed by atoms with Gasteiger partial charge in [-0.15, -0.1) is 5.10 Å². The molecule has 0 saturated heterocycles. The van der Waals surface area contributed by atoms with Crippen LogP contribution in [-0.4, -0.2) is 21.6 Å². The minimum Gasteiger partial charge on any atom is -0.197 e. The molecule has 12 heteroatoms. The Labute approximate surface area is 153 Å². The maximum atomic E-state index is 12.7. The van der Waals surface area contributed by atoms with Crippen LogP contribution in [-0.2, 0) is 9.59 Å². The van der Waals surface area contributed by atoms with E-state index in [0.29, 0.717) is 28.3 Å². The van der Waals surface area contributed by atoms with Crippen LogP contribution in [0.4, 0.5) is 19.4 Å². The third kappa shape index (κ3) is 5.91. The zero-order valence-corrected chi connectivity index (χ0v) is 14.7. The van der Waals surface area contributed by atoms with Crippen molar-refractivity contribution in [3.63, 3.8) is 0 Å². The van der Waals surface area contributed by atoms with Gasteiger partial charge >= 0.3 is 16.4 Å². The van der Waals surface area contributed by atoms with Crippen LogP contribution in [0.5, 0.6) is 0 Å². The molecule has 0 aliphatic heterocycles. The summed E-state index contributed by atoms with van der Waals surface area (Å²) in [5.74, 6) is 0. The molecule has 1 N–H and O–H groups in total. The van der Waals surface area contributed by atoms with Gasteiger partial charge in [-0.05, 0) is 35.4 Å². The minimum absolute atomic E-state index is 0.250. The lowest BCUT2D eigenvalue weighted by molar-refractivity contribution is -0.191. The smallest absolute Gasteiger partial charge is 0.197 e. The van der Waals surface area contributed by atoms with Crippen LogP contribution in [0.1, 0.15) is 0 Å². The number of halogens is 5. The summed E-state index contributed by atoms with van der Waals surface area (Å²) in [6, 6.07) is 9.79. The molecule has 0 fully saturated rings. The van der Waals surface area contributed by atoms with E-state index in [1.165, 1.54) is 11.8 Å². The van der Waals surface area contributed by atoms with Crippen LogP contribution in [0.3, 0.4) is 0 Å². The molecule has 2 aromatic carbocycles. The number of aromatic amines is 1. The van der Waals surface area contributed by atoms with Gasteiger partial charge < -0.3 is 0 Å². The molecule has 144 valence electrons. The quantitative estimate of drug-likeness (QED) is 0.545. The van der Waals surface area contributed by atoms with Crippen LogP contribution in [0.15, 0.2) is 69.5 Å². The molecular weight excluding hydrogens is 413 g/mol. The van der Waals surface area contributed by atoms with Gasteiger partial charge in [0.1, 0.15) is 9.92 Å². The molecule has 1 aromatic heterocycles. The first-order valence-electron chi connectivity index (χ1n) is 6.90. The molecule has 0 radical (unpaired) electrons. The molecule has 0 saturated carbocycles. The topological polar surface area (TPSA) is 75.7 Å². The summed E-state index contributed by atoms with van der Waals surface area (Å²) < 4.78 is 63.5. The number of benzene rings is 2. The monoisotopic (exact) mass is 423 g/mol. The summed E-state index contributed by atoms with van der Waals surface area (Å²) in [5, 5.41) is 10.7. The van der Waals surface area contributed by atoms with Crippen molar-refractivity contribution in [1.29, 1.82) is 0 Å². The molecule has 0 aliphatic carbocycles. The van der Waals surface area contributed by atoms with Gasteiger partial charge in [-0.3, -0.25) is 0 Å². The zero-order chi connectivity index (χ0) is 20.2. The van der Waals surface area contributed by atoms with E-state index in [1.807, 2.05) is 0 Å². The van der Waals surface area contributed by atoms with Crippen LogP contribution in [0.25, 0.3) is 11.1 Å². The predicted octanol–water partition coefficient (Wildman–Crippen LogP) is 5.70. The maximum absolute atomic E-state index is 12.7. The molecule has 0 unspecified atom stereocenters. The highest BCUT2D eigenvalue weighted by molar-refractivity contribution is 8.45. The Kier molecular flexibility index (Phi) is 5.19. The lowest BCUT2D eigenvalue weighted by Crippen LogP contribution is -2.05. The fraction of sp³-hybridized carbons (Fsp3) is 0. The zero-order valence-electron chi connectivity index (χ0n) is 13.1. The molecule has 3 rings (SSSR count). The van der Waals surface area contributed by atoms with Crippen LogP contribution < -0.4 is 0 Å². The number of carbonyl (C=O) groups excluding carboxylic acids is 2. The molecule has 0 aliphatic rings. The number of rotatable bonds is 4. The van der Waals surface area contributed by atoms with Gasteiger partial charge in [0, 0.05) is 4.90 Å². The highest BCUT2D eigenvalue weighted by Crippen LogP contribution is 3.02. The Balaban J connectivity index is 0.000000817. The number of nitrogens with zero attached hydrogens (tertiary/aromatic N) is 2. The van der Waals surface area contributed by atoms with Gasteiger partial charge in [-0.25, -0.2) is 0 Å². The Morgan fingerprint density at radius 2 is 1.33 bits per heavy atom. The highest BCUT2D eigenvalue weighted by atomic mass is 32.5. The van der Waals surface area contributed by atoms with Gasteiger partial charge in [0.05, 0.1) is 6.20 Å². The summed E-state index contributed by atoms with van der Waals surface area (Å²) in [6.07, 6.45) is 1.80. The van der Waals surface area contributed by atoms with E-state index in [1.54, 1.807) is 30.5 Å². The van der Waals surface area contributed by atoms with Gasteiger partial charge in [-0.1, -0.05) is 55.5 Å². The molecule has 1 heterocycles. The second-order valence-electron chi connectivity index (χ2n) is 5.01. The average molecular weight is 423 g/mol. The van der Waals surface area contributed by atoms with Crippen molar-refractivity contribution in [2.75, 3.05) is 0 Å². The average Bonchev–Trinajstić information content (AvgIpc) is 3.07. The maximum Gasteiger partial charge on any atom is 0.373 e. The normalized spacial score (nSPS) is 13.5. The second-order valence-corrected chi connectivity index (χ2v) is 8.51. The molecule has 0 atom stereocenters. The standard InChI is InChI=1S/C14H10F5N3S2.CO2/c15-24(16,17,18,19)13-7-3-11(4-8-13)10-1-5-12(6-2-10)23-14-9-20-22-21-14;2-1-3/h1-9H,(H,20,21,22);. The van der Waals surface area contributed by atoms with E-state index in [2.05, 4.69) is 15.4 Å². The van der Waals surface area contributed by atoms with Crippen LogP contribution in [0.2, 0.25) is 0 Å². The van der Waals surface area contributed by atoms with Crippen molar-refractivity contribution < 1.29 is 29.0 Å². The summed E-state index contributed by atoms with van der Waals surface area (Å²) in [4.78, 5) is 15.2. The Morgan fingerprint density at radius 1 is 0.852 bits per heavy atom. The highest BCUT2D eigenvalue weighted by Gasteiger charge is 2.65. The SMILES string of the molecule is FS(F)(F)(F)(F)c1ccc(-c2ccc(Sc3cn[nH]n3)cc2)cc1.O=C=O. The van der Waals surface area contributed by atoms with E-state index >= 15 is 0 Å². The van der Waals surface area contributed by atoms with E-state index < -0.39 is 15.1 Å². The Bertz CT molecular complexity index is 939. The molecule has 0 amide bonds. The lowest BCUT2D eigenvalue weighted by atomic mass is 10.1. The van der Waals surface area contributed by atoms with Crippen molar-refractivity contribution in [3.8, 4) is 11.1 Å². The summed E-state index contributed by atoms with van der Waals surface area (Å²) in [6.45, 7) is 0. The van der Waals surface area contributed by atoms with Gasteiger partial charge in [-0.2, -0.15) is 19.9 Å². The number of aromatic nitrogens is 3. The van der Waals surface area contributed by atoms with Crippen molar-refractivity contribution in [3.05, 3.63) is 54.7 Å². The molecular formula is C15H10F5N3O2S2. The minimum atomic E-state index is -9.63. The fourth-order valence-corrected chi connectivity index (χ4v) is 3.34. The largest absolute Gasteiger partial charge is 0.373 e. The van der Waals surface area contributed by atoms with Crippen molar-refractivity contribution >= 4 is 28.1 Å². The van der Waals surface area contributed by atoms with Gasteiger partial charge in [0.25, 0.3) is 0 Å². The summed E-state index contributed by atoms with van der Waals surface area (Å²) in [7, 11) is -9.63. The van der Waals surface area contributed by atoms with E-state index in [4.69, 9.17) is 9.59 Å². The third-order valence-corrected chi connectivity index (χ3v) is 5.18. The second kappa shape index (κ2) is 6.80. The molecule has 0 bridgehead atoms. The summed E-state index contributed by atoms with van der Waals surface area (Å²) in [5.41, 5.74) is 1.03. The first-order valence-corrected chi connectivity index (χ1v) is 9.67. The van der Waals surface area contributed by atoms with Gasteiger partial charge in [0.2, 0.25) is 0 Å².